The number of nitro benzene ring substituents is 1. The maximum Gasteiger partial charge on any atom is 0.289 e. The zero-order valence-corrected chi connectivity index (χ0v) is 12.2. The van der Waals surface area contributed by atoms with Gasteiger partial charge in [-0.1, -0.05) is 11.6 Å². The van der Waals surface area contributed by atoms with Gasteiger partial charge in [-0.05, 0) is 12.1 Å². The van der Waals surface area contributed by atoms with Gasteiger partial charge in [0.1, 0.15) is 10.3 Å². The molecule has 1 atom stereocenters. The largest absolute Gasteiger partial charge is 0.311 e. The Balaban J connectivity index is 2.36. The van der Waals surface area contributed by atoms with Gasteiger partial charge in [0.15, 0.2) is 0 Å². The predicted octanol–water partition coefficient (Wildman–Crippen LogP) is 1.92. The van der Waals surface area contributed by atoms with Crippen LogP contribution in [0.5, 0.6) is 0 Å². The van der Waals surface area contributed by atoms with Gasteiger partial charge in [-0.25, -0.2) is 8.42 Å². The first-order valence-corrected chi connectivity index (χ1v) is 8.13. The number of anilines is 1. The second-order valence-electron chi connectivity index (χ2n) is 4.20. The Morgan fingerprint density at radius 2 is 2.05 bits per heavy atom. The number of carbonyl (C=O) groups is 1. The molecular weight excluding hydrogens is 331 g/mol. The molecule has 20 heavy (non-hydrogen) atoms. The highest BCUT2D eigenvalue weighted by Gasteiger charge is 2.38. The van der Waals surface area contributed by atoms with Gasteiger partial charge in [-0.3, -0.25) is 14.9 Å². The summed E-state index contributed by atoms with van der Waals surface area (Å²) in [4.78, 5) is 23.1. The lowest BCUT2D eigenvalue weighted by Crippen LogP contribution is -2.26. The molecule has 0 aliphatic carbocycles. The third-order valence-corrected chi connectivity index (χ3v) is 5.11. The van der Waals surface area contributed by atoms with Gasteiger partial charge < -0.3 is 4.90 Å². The molecule has 1 saturated heterocycles. The highest BCUT2D eigenvalue weighted by Crippen LogP contribution is 2.32. The molecule has 10 heteroatoms. The molecular formula is C10H8Cl2N2O5S. The molecule has 1 aromatic rings. The van der Waals surface area contributed by atoms with Gasteiger partial charge >= 0.3 is 0 Å². The molecule has 0 N–H and O–H groups in total. The Hall–Kier alpha value is -1.38. The average molecular weight is 339 g/mol. The van der Waals surface area contributed by atoms with E-state index < -0.39 is 25.1 Å². The average Bonchev–Trinajstić information content (AvgIpc) is 2.71. The minimum absolute atomic E-state index is 0.0630. The number of rotatable bonds is 3. The van der Waals surface area contributed by atoms with Crippen LogP contribution in [0, 0.1) is 10.1 Å². The molecule has 1 aliphatic rings. The number of nitro groups is 1. The van der Waals surface area contributed by atoms with E-state index in [9.17, 15) is 23.3 Å². The van der Waals surface area contributed by atoms with Crippen LogP contribution in [0.3, 0.4) is 0 Å². The van der Waals surface area contributed by atoms with Crippen LogP contribution < -0.4 is 4.90 Å². The lowest BCUT2D eigenvalue weighted by atomic mass is 10.2. The Morgan fingerprint density at radius 3 is 2.55 bits per heavy atom. The zero-order valence-electron chi connectivity index (χ0n) is 9.82. The van der Waals surface area contributed by atoms with Crippen molar-refractivity contribution in [3.63, 3.8) is 0 Å². The minimum atomic E-state index is -3.86. The summed E-state index contributed by atoms with van der Waals surface area (Å²) in [6.07, 6.45) is -0.248. The summed E-state index contributed by atoms with van der Waals surface area (Å²) in [5.74, 6) is -0.462. The second kappa shape index (κ2) is 5.19. The van der Waals surface area contributed by atoms with Crippen LogP contribution in [-0.4, -0.2) is 31.0 Å². The summed E-state index contributed by atoms with van der Waals surface area (Å²) in [6.45, 7) is -0.135. The van der Waals surface area contributed by atoms with Crippen molar-refractivity contribution in [3.05, 3.63) is 33.3 Å². The number of hydrogen-bond acceptors (Lipinski definition) is 5. The molecule has 1 aliphatic heterocycles. The van der Waals surface area contributed by atoms with E-state index in [1.165, 1.54) is 12.1 Å². The number of carbonyl (C=O) groups excluding carboxylic acids is 1. The van der Waals surface area contributed by atoms with Crippen LogP contribution in [0.2, 0.25) is 5.02 Å². The van der Waals surface area contributed by atoms with Gasteiger partial charge in [0, 0.05) is 29.7 Å². The molecule has 1 heterocycles. The molecule has 2 rings (SSSR count). The molecule has 0 spiro atoms. The molecule has 108 valence electrons. The quantitative estimate of drug-likeness (QED) is 0.476. The Morgan fingerprint density at radius 1 is 1.40 bits per heavy atom. The number of nitrogens with zero attached hydrogens (tertiary/aromatic N) is 2. The van der Waals surface area contributed by atoms with Crippen LogP contribution in [-0.2, 0) is 13.8 Å². The first-order valence-electron chi connectivity index (χ1n) is 5.38. The van der Waals surface area contributed by atoms with E-state index >= 15 is 0 Å². The van der Waals surface area contributed by atoms with E-state index in [4.69, 9.17) is 22.3 Å². The summed E-state index contributed by atoms with van der Waals surface area (Å²) >= 11 is 5.67. The van der Waals surface area contributed by atoms with Gasteiger partial charge in [0.2, 0.25) is 15.0 Å². The van der Waals surface area contributed by atoms with E-state index in [-0.39, 0.29) is 29.4 Å². The topological polar surface area (TPSA) is 97.6 Å². The molecule has 0 radical (unpaired) electrons. The fraction of sp³-hybridized carbons (Fsp3) is 0.300. The van der Waals surface area contributed by atoms with Crippen LogP contribution in [0.25, 0.3) is 0 Å². The highest BCUT2D eigenvalue weighted by molar-refractivity contribution is 8.14. The SMILES string of the molecule is O=C1CC(S(=O)(=O)Cl)CN1c1ccc(Cl)c([N+](=O)[O-])c1. The molecule has 1 unspecified atom stereocenters. The monoisotopic (exact) mass is 338 g/mol. The van der Waals surface area contributed by atoms with Crippen molar-refractivity contribution >= 4 is 48.6 Å². The van der Waals surface area contributed by atoms with Crippen molar-refractivity contribution < 1.29 is 18.1 Å². The maximum atomic E-state index is 11.8. The smallest absolute Gasteiger partial charge is 0.289 e. The first kappa shape index (κ1) is 15.0. The van der Waals surface area contributed by atoms with E-state index in [0.29, 0.717) is 0 Å². The standard InChI is InChI=1S/C10H8Cl2N2O5S/c11-8-2-1-6(3-9(8)14(16)17)13-5-7(4-10(13)15)20(12,18)19/h1-3,7H,4-5H2. The van der Waals surface area contributed by atoms with E-state index in [1.54, 1.807) is 0 Å². The van der Waals surface area contributed by atoms with Crippen molar-refractivity contribution in [3.8, 4) is 0 Å². The van der Waals surface area contributed by atoms with E-state index in [1.807, 2.05) is 0 Å². The molecule has 0 saturated carbocycles. The Bertz CT molecular complexity index is 691. The highest BCUT2D eigenvalue weighted by atomic mass is 35.7. The van der Waals surface area contributed by atoms with Crippen LogP contribution >= 0.6 is 22.3 Å². The van der Waals surface area contributed by atoms with Crippen LogP contribution in [0.15, 0.2) is 18.2 Å². The predicted molar refractivity (Wildman–Crippen MR) is 73.6 cm³/mol. The van der Waals surface area contributed by atoms with Gasteiger partial charge in [-0.15, -0.1) is 0 Å². The summed E-state index contributed by atoms with van der Waals surface area (Å²) in [5, 5.41) is 9.71. The number of halogens is 2. The number of benzene rings is 1. The molecule has 0 bridgehead atoms. The van der Waals surface area contributed by atoms with Crippen LogP contribution in [0.4, 0.5) is 11.4 Å². The molecule has 1 fully saturated rings. The van der Waals surface area contributed by atoms with E-state index in [2.05, 4.69) is 0 Å². The summed E-state index contributed by atoms with van der Waals surface area (Å²) in [5.41, 5.74) is -0.136. The van der Waals surface area contributed by atoms with Gasteiger partial charge in [-0.2, -0.15) is 0 Å². The lowest BCUT2D eigenvalue weighted by molar-refractivity contribution is -0.384. The molecule has 1 aromatic carbocycles. The first-order chi connectivity index (χ1) is 9.20. The maximum absolute atomic E-state index is 11.8. The second-order valence-corrected chi connectivity index (χ2v) is 7.51. The Kier molecular flexibility index (Phi) is 3.90. The van der Waals surface area contributed by atoms with Crippen LogP contribution in [0.1, 0.15) is 6.42 Å². The summed E-state index contributed by atoms with van der Waals surface area (Å²) < 4.78 is 22.5. The molecule has 1 amide bonds. The normalized spacial score (nSPS) is 19.4. The zero-order chi connectivity index (χ0) is 15.1. The van der Waals surface area contributed by atoms with Crippen molar-refractivity contribution in [2.24, 2.45) is 0 Å². The minimum Gasteiger partial charge on any atom is -0.311 e. The molecule has 7 nitrogen and oxygen atoms in total. The third-order valence-electron chi connectivity index (χ3n) is 2.93. The van der Waals surface area contributed by atoms with Crippen molar-refractivity contribution in [2.75, 3.05) is 11.4 Å². The van der Waals surface area contributed by atoms with E-state index in [0.717, 1.165) is 11.0 Å². The third kappa shape index (κ3) is 2.87. The van der Waals surface area contributed by atoms with Gasteiger partial charge in [0.05, 0.1) is 10.6 Å². The number of amides is 1. The fourth-order valence-electron chi connectivity index (χ4n) is 1.92. The fourth-order valence-corrected chi connectivity index (χ4v) is 3.14. The Labute approximate surface area is 123 Å². The van der Waals surface area contributed by atoms with Gasteiger partial charge in [0.25, 0.3) is 5.69 Å². The summed E-state index contributed by atoms with van der Waals surface area (Å²) in [7, 11) is 1.37. The molecule has 0 aromatic heterocycles. The summed E-state index contributed by atoms with van der Waals surface area (Å²) in [6, 6.07) is 3.82. The number of hydrogen-bond donors (Lipinski definition) is 0. The van der Waals surface area contributed by atoms with Crippen molar-refractivity contribution in [2.45, 2.75) is 11.7 Å². The lowest BCUT2D eigenvalue weighted by Gasteiger charge is -2.16. The van der Waals surface area contributed by atoms with Crippen molar-refractivity contribution in [1.29, 1.82) is 0 Å². The van der Waals surface area contributed by atoms with Crippen molar-refractivity contribution in [1.82, 2.24) is 0 Å².